The number of fused-ring (bicyclic) bond motifs is 1. The van der Waals surface area contributed by atoms with Gasteiger partial charge in [0.15, 0.2) is 0 Å². The zero-order valence-electron chi connectivity index (χ0n) is 23.7. The number of nitrogens with one attached hydrogen (secondary N) is 1. The second-order valence-electron chi connectivity index (χ2n) is 11.1. The molecule has 230 valence electrons. The third-order valence-corrected chi connectivity index (χ3v) is 8.29. The number of halogens is 3. The number of alkyl halides is 3. The van der Waals surface area contributed by atoms with Crippen molar-refractivity contribution in [3.8, 4) is 0 Å². The average molecular weight is 588 g/mol. The Balaban J connectivity index is 0.000000507. The molecule has 2 fully saturated rings. The highest BCUT2D eigenvalue weighted by Crippen LogP contribution is 2.47. The van der Waals surface area contributed by atoms with Gasteiger partial charge in [-0.2, -0.15) is 13.2 Å². The van der Waals surface area contributed by atoms with Crippen molar-refractivity contribution in [1.82, 2.24) is 15.2 Å². The molecule has 2 aliphatic heterocycles. The first kappa shape index (κ1) is 32.7. The Morgan fingerprint density at radius 3 is 2.73 bits per heavy atom. The normalized spacial score (nSPS) is 26.1. The quantitative estimate of drug-likeness (QED) is 0.331. The highest BCUT2D eigenvalue weighted by atomic mass is 19.4. The molecular formula is C28H40F3N3O7. The molecule has 2 N–H and O–H groups in total. The van der Waals surface area contributed by atoms with Crippen LogP contribution in [0.4, 0.5) is 13.2 Å². The zero-order valence-corrected chi connectivity index (χ0v) is 23.7. The molecule has 0 bridgehead atoms. The molecule has 1 aliphatic carbocycles. The molecule has 13 heteroatoms. The summed E-state index contributed by atoms with van der Waals surface area (Å²) < 4.78 is 54.7. The van der Waals surface area contributed by atoms with Crippen molar-refractivity contribution in [3.63, 3.8) is 0 Å². The number of carbonyl (C=O) groups excluding carboxylic acids is 2. The number of nitrogens with zero attached hydrogens (tertiary/aromatic N) is 2. The fraction of sp³-hybridized carbons (Fsp3) is 0.714. The van der Waals surface area contributed by atoms with E-state index in [1.807, 2.05) is 0 Å². The number of carboxylic acids is 1. The SMILES string of the molecule is CO[C@H]1COCC[C@H]1N[C@@H]1CC[C@@](C(=O)N2CCc3ncc(C(F)(F)F)cc3C2)(C(C)C)C1.O=COCCC(=O)O. The summed E-state index contributed by atoms with van der Waals surface area (Å²) in [5.41, 5.74) is -0.121. The summed E-state index contributed by atoms with van der Waals surface area (Å²) in [5.74, 6) is -0.780. The van der Waals surface area contributed by atoms with Gasteiger partial charge in [-0.05, 0) is 43.2 Å². The largest absolute Gasteiger partial charge is 0.481 e. The third-order valence-electron chi connectivity index (χ3n) is 8.29. The number of hydrogen-bond acceptors (Lipinski definition) is 8. The number of amides is 1. The summed E-state index contributed by atoms with van der Waals surface area (Å²) in [6, 6.07) is 1.55. The van der Waals surface area contributed by atoms with E-state index < -0.39 is 23.1 Å². The summed E-state index contributed by atoms with van der Waals surface area (Å²) >= 11 is 0. The summed E-state index contributed by atoms with van der Waals surface area (Å²) in [5, 5.41) is 11.7. The van der Waals surface area contributed by atoms with Crippen LogP contribution in [0.1, 0.15) is 62.8 Å². The molecule has 4 rings (SSSR count). The van der Waals surface area contributed by atoms with Gasteiger partial charge < -0.3 is 29.5 Å². The van der Waals surface area contributed by atoms with Gasteiger partial charge in [0, 0.05) is 57.2 Å². The van der Waals surface area contributed by atoms with E-state index >= 15 is 0 Å². The average Bonchev–Trinajstić information content (AvgIpc) is 3.37. The highest BCUT2D eigenvalue weighted by molar-refractivity contribution is 5.83. The minimum Gasteiger partial charge on any atom is -0.481 e. The Hall–Kier alpha value is -2.77. The molecule has 1 aromatic heterocycles. The lowest BCUT2D eigenvalue weighted by Crippen LogP contribution is -2.52. The summed E-state index contributed by atoms with van der Waals surface area (Å²) in [6.07, 6.45) is 0.0541. The fourth-order valence-corrected chi connectivity index (χ4v) is 5.88. The van der Waals surface area contributed by atoms with Crippen molar-refractivity contribution in [2.24, 2.45) is 11.3 Å². The van der Waals surface area contributed by atoms with E-state index in [9.17, 15) is 27.6 Å². The molecule has 0 radical (unpaired) electrons. The Labute approximate surface area is 237 Å². The first-order chi connectivity index (χ1) is 19.4. The molecule has 3 heterocycles. The van der Waals surface area contributed by atoms with Gasteiger partial charge in [0.25, 0.3) is 6.47 Å². The Morgan fingerprint density at radius 1 is 1.34 bits per heavy atom. The molecule has 0 unspecified atom stereocenters. The molecule has 41 heavy (non-hydrogen) atoms. The second kappa shape index (κ2) is 14.4. The van der Waals surface area contributed by atoms with Crippen LogP contribution in [-0.2, 0) is 47.7 Å². The van der Waals surface area contributed by atoms with Crippen LogP contribution in [0.3, 0.4) is 0 Å². The first-order valence-corrected chi connectivity index (χ1v) is 13.9. The molecular weight excluding hydrogens is 547 g/mol. The van der Waals surface area contributed by atoms with Crippen LogP contribution in [0.25, 0.3) is 0 Å². The van der Waals surface area contributed by atoms with E-state index in [1.54, 1.807) is 12.0 Å². The van der Waals surface area contributed by atoms with E-state index in [0.29, 0.717) is 37.4 Å². The van der Waals surface area contributed by atoms with Gasteiger partial charge >= 0.3 is 12.1 Å². The van der Waals surface area contributed by atoms with Crippen LogP contribution in [0.2, 0.25) is 0 Å². The number of rotatable bonds is 9. The highest BCUT2D eigenvalue weighted by Gasteiger charge is 2.50. The van der Waals surface area contributed by atoms with E-state index in [1.165, 1.54) is 0 Å². The first-order valence-electron chi connectivity index (χ1n) is 13.9. The molecule has 4 atom stereocenters. The van der Waals surface area contributed by atoms with E-state index in [4.69, 9.17) is 14.6 Å². The van der Waals surface area contributed by atoms with Gasteiger partial charge in [0.05, 0.1) is 30.1 Å². The molecule has 3 aliphatic rings. The smallest absolute Gasteiger partial charge is 0.417 e. The van der Waals surface area contributed by atoms with Crippen molar-refractivity contribution >= 4 is 18.3 Å². The maximum atomic E-state index is 13.8. The van der Waals surface area contributed by atoms with E-state index in [0.717, 1.165) is 37.9 Å². The van der Waals surface area contributed by atoms with Gasteiger partial charge in [-0.15, -0.1) is 0 Å². The second-order valence-corrected chi connectivity index (χ2v) is 11.1. The Bertz CT molecular complexity index is 1060. The van der Waals surface area contributed by atoms with Crippen LogP contribution in [-0.4, -0.2) is 85.0 Å². The molecule has 1 saturated carbocycles. The zero-order chi connectivity index (χ0) is 30.2. The number of aliphatic carboxylic acids is 1. The van der Waals surface area contributed by atoms with E-state index in [-0.39, 0.29) is 56.1 Å². The predicted molar refractivity (Wildman–Crippen MR) is 141 cm³/mol. The van der Waals surface area contributed by atoms with Crippen molar-refractivity contribution in [1.29, 1.82) is 0 Å². The van der Waals surface area contributed by atoms with E-state index in [2.05, 4.69) is 28.9 Å². The third kappa shape index (κ3) is 8.39. The number of carbonyl (C=O) groups is 3. The van der Waals surface area contributed by atoms with Crippen LogP contribution in [0, 0.1) is 11.3 Å². The summed E-state index contributed by atoms with van der Waals surface area (Å²) in [7, 11) is 1.69. The van der Waals surface area contributed by atoms with Gasteiger partial charge in [-0.3, -0.25) is 19.4 Å². The molecule has 1 saturated heterocycles. The fourth-order valence-electron chi connectivity index (χ4n) is 5.88. The topological polar surface area (TPSA) is 127 Å². The molecule has 0 aromatic carbocycles. The molecule has 0 spiro atoms. The number of methoxy groups -OCH3 is 1. The number of hydrogen-bond donors (Lipinski definition) is 2. The van der Waals surface area contributed by atoms with Crippen molar-refractivity contribution in [2.75, 3.05) is 33.5 Å². The maximum Gasteiger partial charge on any atom is 0.417 e. The van der Waals surface area contributed by atoms with Gasteiger partial charge in [0.1, 0.15) is 6.61 Å². The predicted octanol–water partition coefficient (Wildman–Crippen LogP) is 3.21. The number of carboxylic acid groups (broad SMARTS) is 1. The molecule has 1 amide bonds. The number of aromatic nitrogens is 1. The molecule has 1 aromatic rings. The minimum absolute atomic E-state index is 0.00238. The van der Waals surface area contributed by atoms with Gasteiger partial charge in [0.2, 0.25) is 5.91 Å². The number of pyridine rings is 1. The monoisotopic (exact) mass is 587 g/mol. The standard InChI is InChI=1S/C24H34F3N3O3.C4H6O4/c1-15(2)23(7-4-18(11-23)29-20-6-9-33-14-21(20)32-3)22(31)30-8-5-19-16(13-30)10-17(12-28-19)24(25,26)27;5-3-8-2-1-4(6)7/h10,12,15,18,20-21,29H,4-9,11,13-14H2,1-3H3;3H,1-2H2,(H,6,7)/t18-,20-,21+,23+;/m1./s1. The van der Waals surface area contributed by atoms with Crippen molar-refractivity contribution < 1.29 is 46.9 Å². The Morgan fingerprint density at radius 2 is 2.10 bits per heavy atom. The lowest BCUT2D eigenvalue weighted by molar-refractivity contribution is -0.146. The summed E-state index contributed by atoms with van der Waals surface area (Å²) in [4.78, 5) is 38.7. The number of ether oxygens (including phenoxy) is 3. The van der Waals surface area contributed by atoms with Crippen LogP contribution in [0.15, 0.2) is 12.3 Å². The Kier molecular flexibility index (Phi) is 11.5. The van der Waals surface area contributed by atoms with Crippen LogP contribution < -0.4 is 5.32 Å². The van der Waals surface area contributed by atoms with Crippen LogP contribution in [0.5, 0.6) is 0 Å². The van der Waals surface area contributed by atoms with Crippen molar-refractivity contribution in [2.45, 2.75) is 83.3 Å². The summed E-state index contributed by atoms with van der Waals surface area (Å²) in [6.45, 7) is 6.27. The lowest BCUT2D eigenvalue weighted by Gasteiger charge is -2.40. The van der Waals surface area contributed by atoms with Crippen molar-refractivity contribution in [3.05, 3.63) is 29.1 Å². The lowest BCUT2D eigenvalue weighted by atomic mass is 9.74. The van der Waals surface area contributed by atoms with Gasteiger partial charge in [-0.25, -0.2) is 0 Å². The minimum atomic E-state index is -4.44. The maximum absolute atomic E-state index is 13.8. The van der Waals surface area contributed by atoms with Gasteiger partial charge in [-0.1, -0.05) is 13.8 Å². The van der Waals surface area contributed by atoms with Crippen LogP contribution >= 0.6 is 0 Å². The molecule has 10 nitrogen and oxygen atoms in total.